The Bertz CT molecular complexity index is 667. The first-order chi connectivity index (χ1) is 10.6. The maximum Gasteiger partial charge on any atom is 0.446 e. The van der Waals surface area contributed by atoms with Gasteiger partial charge in [-0.25, -0.2) is 0 Å². The summed E-state index contributed by atoms with van der Waals surface area (Å²) in [4.78, 5) is 13.8. The van der Waals surface area contributed by atoms with Crippen molar-refractivity contribution in [1.82, 2.24) is 4.90 Å². The quantitative estimate of drug-likeness (QED) is 0.445. The van der Waals surface area contributed by atoms with E-state index in [-0.39, 0.29) is 28.1 Å². The Morgan fingerprint density at radius 2 is 1.91 bits per heavy atom. The highest BCUT2D eigenvalue weighted by Crippen LogP contribution is 2.39. The lowest BCUT2D eigenvalue weighted by molar-refractivity contribution is -0.0328. The summed E-state index contributed by atoms with van der Waals surface area (Å²) in [7, 11) is -1.70. The first-order valence-electron chi connectivity index (χ1n) is 7.27. The lowest BCUT2D eigenvalue weighted by Gasteiger charge is -2.31. The zero-order chi connectivity index (χ0) is 17.3. The van der Waals surface area contributed by atoms with Crippen molar-refractivity contribution in [3.63, 3.8) is 0 Å². The van der Waals surface area contributed by atoms with Crippen LogP contribution in [0.15, 0.2) is 23.1 Å². The fourth-order valence-corrected chi connectivity index (χ4v) is 3.10. The van der Waals surface area contributed by atoms with Gasteiger partial charge in [0, 0.05) is 29.1 Å². The zero-order valence-electron chi connectivity index (χ0n) is 13.3. The van der Waals surface area contributed by atoms with Gasteiger partial charge in [0.2, 0.25) is 0 Å². The van der Waals surface area contributed by atoms with Crippen LogP contribution in [0.25, 0.3) is 0 Å². The van der Waals surface area contributed by atoms with Gasteiger partial charge in [-0.05, 0) is 36.4 Å². The molecule has 1 amide bonds. The van der Waals surface area contributed by atoms with E-state index in [1.807, 2.05) is 19.6 Å². The van der Waals surface area contributed by atoms with E-state index in [0.717, 1.165) is 6.42 Å². The number of halogens is 3. The van der Waals surface area contributed by atoms with Crippen molar-refractivity contribution in [2.45, 2.75) is 36.5 Å². The first kappa shape index (κ1) is 18.0. The maximum absolute atomic E-state index is 12.8. The summed E-state index contributed by atoms with van der Waals surface area (Å²) in [5.74, 6) is 2.65. The average Bonchev–Trinajstić information content (AvgIpc) is 2.32. The third-order valence-corrected chi connectivity index (χ3v) is 4.83. The number of rotatable bonds is 2. The van der Waals surface area contributed by atoms with E-state index >= 15 is 0 Å². The summed E-state index contributed by atoms with van der Waals surface area (Å²) < 4.78 is 38.4. The largest absolute Gasteiger partial charge is 0.446 e. The van der Waals surface area contributed by atoms with E-state index in [1.165, 1.54) is 12.1 Å². The fraction of sp³-hybridized carbons (Fsp3) is 0.438. The number of nitrogens with zero attached hydrogens (tertiary/aromatic N) is 1. The van der Waals surface area contributed by atoms with Crippen LogP contribution in [0.1, 0.15) is 22.3 Å². The van der Waals surface area contributed by atoms with Crippen LogP contribution in [-0.2, 0) is 0 Å². The SMILES string of the molecule is C[Si](C)(C)C#Cc1ccc(C(=O)N2CCC2)cc1SC(F)(F)F. The Morgan fingerprint density at radius 3 is 2.39 bits per heavy atom. The van der Waals surface area contributed by atoms with Gasteiger partial charge in [0.1, 0.15) is 8.07 Å². The van der Waals surface area contributed by atoms with E-state index in [9.17, 15) is 18.0 Å². The summed E-state index contributed by atoms with van der Waals surface area (Å²) in [6, 6.07) is 4.40. The van der Waals surface area contributed by atoms with Gasteiger partial charge in [0.15, 0.2) is 0 Å². The molecule has 1 aliphatic rings. The highest BCUT2D eigenvalue weighted by molar-refractivity contribution is 8.00. The van der Waals surface area contributed by atoms with Crippen molar-refractivity contribution in [3.8, 4) is 11.5 Å². The molecule has 0 saturated carbocycles. The first-order valence-corrected chi connectivity index (χ1v) is 11.6. The number of hydrogen-bond acceptors (Lipinski definition) is 2. The van der Waals surface area contributed by atoms with Crippen LogP contribution >= 0.6 is 11.8 Å². The molecule has 1 saturated heterocycles. The summed E-state index contributed by atoms with van der Waals surface area (Å²) in [5, 5.41) is 0. The van der Waals surface area contributed by atoms with Gasteiger partial charge >= 0.3 is 5.51 Å². The Morgan fingerprint density at radius 1 is 1.26 bits per heavy atom. The second kappa shape index (κ2) is 6.61. The second-order valence-electron chi connectivity index (χ2n) is 6.40. The number of likely N-dealkylation sites (tertiary alicyclic amines) is 1. The summed E-state index contributed by atoms with van der Waals surface area (Å²) in [5.41, 5.74) is -0.722. The molecule has 1 fully saturated rings. The molecule has 0 atom stereocenters. The molecule has 1 aromatic rings. The maximum atomic E-state index is 12.8. The smallest absolute Gasteiger partial charge is 0.339 e. The molecule has 0 radical (unpaired) electrons. The number of hydrogen-bond donors (Lipinski definition) is 0. The van der Waals surface area contributed by atoms with Crippen LogP contribution in [0.5, 0.6) is 0 Å². The van der Waals surface area contributed by atoms with Crippen molar-refractivity contribution in [2.24, 2.45) is 0 Å². The van der Waals surface area contributed by atoms with Crippen molar-refractivity contribution < 1.29 is 18.0 Å². The Kier molecular flexibility index (Phi) is 5.16. The van der Waals surface area contributed by atoms with Crippen LogP contribution in [0.3, 0.4) is 0 Å². The Balaban J connectivity index is 2.37. The molecule has 2 nitrogen and oxygen atoms in total. The fourth-order valence-electron chi connectivity index (χ4n) is 1.92. The number of carbonyl (C=O) groups is 1. The summed E-state index contributed by atoms with van der Waals surface area (Å²) >= 11 is -0.211. The molecule has 23 heavy (non-hydrogen) atoms. The third-order valence-electron chi connectivity index (χ3n) is 3.17. The van der Waals surface area contributed by atoms with Crippen LogP contribution in [0.2, 0.25) is 19.6 Å². The van der Waals surface area contributed by atoms with Gasteiger partial charge in [-0.1, -0.05) is 25.6 Å². The molecule has 1 aromatic carbocycles. The number of benzene rings is 1. The number of amides is 1. The molecule has 7 heteroatoms. The van der Waals surface area contributed by atoms with Crippen LogP contribution < -0.4 is 0 Å². The van der Waals surface area contributed by atoms with Gasteiger partial charge < -0.3 is 4.90 Å². The standard InChI is InChI=1S/C16H18F3NOSSi/c1-23(2,3)10-7-12-5-6-13(15(21)20-8-4-9-20)11-14(12)22-16(17,18)19/h5-6,11H,4,8-9H2,1-3H3. The molecule has 1 aliphatic heterocycles. The molecular weight excluding hydrogens is 339 g/mol. The van der Waals surface area contributed by atoms with E-state index in [2.05, 4.69) is 11.5 Å². The molecule has 1 heterocycles. The van der Waals surface area contributed by atoms with Crippen LogP contribution in [-0.4, -0.2) is 37.5 Å². The molecule has 0 spiro atoms. The predicted octanol–water partition coefficient (Wildman–Crippen LogP) is 4.37. The molecular formula is C16H18F3NOSSi. The lowest BCUT2D eigenvalue weighted by Crippen LogP contribution is -2.42. The lowest BCUT2D eigenvalue weighted by atomic mass is 10.1. The number of alkyl halides is 3. The Hall–Kier alpha value is -1.39. The number of thioether (sulfide) groups is 1. The van der Waals surface area contributed by atoms with Crippen molar-refractivity contribution in [2.75, 3.05) is 13.1 Å². The number of carbonyl (C=O) groups excluding carboxylic acids is 1. The van der Waals surface area contributed by atoms with E-state index in [0.29, 0.717) is 18.7 Å². The highest BCUT2D eigenvalue weighted by Gasteiger charge is 2.31. The topological polar surface area (TPSA) is 20.3 Å². The highest BCUT2D eigenvalue weighted by atomic mass is 32.2. The summed E-state index contributed by atoms with van der Waals surface area (Å²) in [6.45, 7) is 7.41. The molecule has 0 aromatic heterocycles. The van der Waals surface area contributed by atoms with Gasteiger partial charge in [-0.2, -0.15) is 13.2 Å². The van der Waals surface area contributed by atoms with E-state index in [4.69, 9.17) is 0 Å². The van der Waals surface area contributed by atoms with Crippen molar-refractivity contribution >= 4 is 25.7 Å². The molecule has 0 unspecified atom stereocenters. The minimum Gasteiger partial charge on any atom is -0.339 e. The minimum absolute atomic E-state index is 0.00498. The normalized spacial score (nSPS) is 14.8. The van der Waals surface area contributed by atoms with Crippen molar-refractivity contribution in [1.29, 1.82) is 0 Å². The molecule has 2 rings (SSSR count). The van der Waals surface area contributed by atoms with Gasteiger partial charge in [-0.15, -0.1) is 5.54 Å². The van der Waals surface area contributed by atoms with Crippen molar-refractivity contribution in [3.05, 3.63) is 29.3 Å². The van der Waals surface area contributed by atoms with Crippen LogP contribution in [0.4, 0.5) is 13.2 Å². The predicted molar refractivity (Wildman–Crippen MR) is 89.1 cm³/mol. The molecule has 0 bridgehead atoms. The minimum atomic E-state index is -4.41. The van der Waals surface area contributed by atoms with E-state index < -0.39 is 13.6 Å². The van der Waals surface area contributed by atoms with Gasteiger partial charge in [-0.3, -0.25) is 4.79 Å². The Labute approximate surface area is 139 Å². The van der Waals surface area contributed by atoms with E-state index in [1.54, 1.807) is 11.0 Å². The van der Waals surface area contributed by atoms with Gasteiger partial charge in [0.05, 0.1) is 0 Å². The monoisotopic (exact) mass is 357 g/mol. The second-order valence-corrected chi connectivity index (χ2v) is 12.3. The molecule has 0 N–H and O–H groups in total. The van der Waals surface area contributed by atoms with Crippen LogP contribution in [0, 0.1) is 11.5 Å². The average molecular weight is 357 g/mol. The molecule has 0 aliphatic carbocycles. The zero-order valence-corrected chi connectivity index (χ0v) is 15.1. The third kappa shape index (κ3) is 5.32. The van der Waals surface area contributed by atoms with Gasteiger partial charge in [0.25, 0.3) is 5.91 Å². The molecule has 124 valence electrons. The summed E-state index contributed by atoms with van der Waals surface area (Å²) in [6.07, 6.45) is 0.940.